The van der Waals surface area contributed by atoms with Gasteiger partial charge in [-0.3, -0.25) is 8.89 Å². The average molecular weight is 340 g/mol. The Morgan fingerprint density at radius 2 is 2.22 bits per heavy atom. The second-order valence-corrected chi connectivity index (χ2v) is 9.46. The number of amides is 2. The Morgan fingerprint density at radius 1 is 1.48 bits per heavy atom. The van der Waals surface area contributed by atoms with Crippen molar-refractivity contribution in [2.45, 2.75) is 51.3 Å². The number of aryl methyl sites for hydroxylation is 1. The molecule has 1 N–H and O–H groups in total. The van der Waals surface area contributed by atoms with Crippen LogP contribution < -0.4 is 5.32 Å². The van der Waals surface area contributed by atoms with Crippen molar-refractivity contribution < 1.29 is 9.00 Å². The third kappa shape index (κ3) is 5.06. The lowest BCUT2D eigenvalue weighted by molar-refractivity contribution is 0.164. The Morgan fingerprint density at radius 3 is 2.83 bits per heavy atom. The zero-order valence-corrected chi connectivity index (χ0v) is 15.4. The lowest BCUT2D eigenvalue weighted by Gasteiger charge is -2.33. The van der Waals surface area contributed by atoms with Crippen LogP contribution in [0.15, 0.2) is 12.4 Å². The minimum Gasteiger partial charge on any atom is -0.337 e. The molecule has 0 aliphatic carbocycles. The fraction of sp³-hybridized carbons (Fsp3) is 0.750. The zero-order valence-electron chi connectivity index (χ0n) is 14.5. The number of carbonyl (C=O) groups is 1. The molecule has 2 amide bonds. The first kappa shape index (κ1) is 18.0. The number of urea groups is 1. The molecule has 7 heteroatoms. The third-order valence-corrected chi connectivity index (χ3v) is 5.98. The molecule has 0 bridgehead atoms. The molecule has 6 nitrogen and oxygen atoms in total. The van der Waals surface area contributed by atoms with Gasteiger partial charge in [0.2, 0.25) is 0 Å². The van der Waals surface area contributed by atoms with Crippen molar-refractivity contribution in [2.75, 3.05) is 25.4 Å². The summed E-state index contributed by atoms with van der Waals surface area (Å²) in [5.41, 5.74) is 1.14. The first-order valence-corrected chi connectivity index (χ1v) is 9.51. The first-order valence-electron chi connectivity index (χ1n) is 8.19. The maximum Gasteiger partial charge on any atom is 0.317 e. The van der Waals surface area contributed by atoms with Gasteiger partial charge in [0.15, 0.2) is 0 Å². The predicted molar refractivity (Wildman–Crippen MR) is 93.0 cm³/mol. The molecule has 2 unspecified atom stereocenters. The van der Waals surface area contributed by atoms with Crippen molar-refractivity contribution in [1.29, 1.82) is 0 Å². The van der Waals surface area contributed by atoms with E-state index in [1.165, 1.54) is 0 Å². The van der Waals surface area contributed by atoms with Crippen molar-refractivity contribution in [2.24, 2.45) is 0 Å². The summed E-state index contributed by atoms with van der Waals surface area (Å²) in [6.07, 6.45) is 5.89. The molecule has 1 fully saturated rings. The van der Waals surface area contributed by atoms with Crippen LogP contribution in [0.25, 0.3) is 0 Å². The maximum atomic E-state index is 12.3. The van der Waals surface area contributed by atoms with E-state index >= 15 is 0 Å². The van der Waals surface area contributed by atoms with Gasteiger partial charge in [0.25, 0.3) is 0 Å². The lowest BCUT2D eigenvalue weighted by Crippen LogP contribution is -2.47. The highest BCUT2D eigenvalue weighted by molar-refractivity contribution is 7.86. The van der Waals surface area contributed by atoms with E-state index in [0.717, 1.165) is 24.9 Å². The number of piperidine rings is 1. The van der Waals surface area contributed by atoms with Gasteiger partial charge in [0.05, 0.1) is 12.2 Å². The van der Waals surface area contributed by atoms with E-state index in [4.69, 9.17) is 0 Å². The van der Waals surface area contributed by atoms with Crippen LogP contribution in [0.3, 0.4) is 0 Å². The Bertz CT molecular complexity index is 565. The van der Waals surface area contributed by atoms with Gasteiger partial charge in [-0.2, -0.15) is 5.10 Å². The summed E-state index contributed by atoms with van der Waals surface area (Å²) in [5.74, 6) is 0.491. The summed E-state index contributed by atoms with van der Waals surface area (Å²) in [4.78, 5) is 14.1. The van der Waals surface area contributed by atoms with E-state index in [0.29, 0.717) is 18.8 Å². The number of nitrogens with zero attached hydrogens (tertiary/aromatic N) is 3. The number of nitrogens with one attached hydrogen (secondary N) is 1. The summed E-state index contributed by atoms with van der Waals surface area (Å²) in [6.45, 7) is 9.77. The van der Waals surface area contributed by atoms with Crippen LogP contribution in [0.4, 0.5) is 4.79 Å². The smallest absolute Gasteiger partial charge is 0.317 e. The topological polar surface area (TPSA) is 67.2 Å². The molecule has 0 saturated carbocycles. The highest BCUT2D eigenvalue weighted by Gasteiger charge is 2.25. The van der Waals surface area contributed by atoms with Gasteiger partial charge in [-0.15, -0.1) is 0 Å². The summed E-state index contributed by atoms with van der Waals surface area (Å²) in [7, 11) is -0.940. The van der Waals surface area contributed by atoms with E-state index < -0.39 is 10.8 Å². The van der Waals surface area contributed by atoms with Crippen LogP contribution in [0.2, 0.25) is 0 Å². The van der Waals surface area contributed by atoms with Gasteiger partial charge in [-0.25, -0.2) is 4.79 Å². The van der Waals surface area contributed by atoms with E-state index in [-0.39, 0.29) is 16.8 Å². The summed E-state index contributed by atoms with van der Waals surface area (Å²) in [5, 5.41) is 7.26. The van der Waals surface area contributed by atoms with Crippen molar-refractivity contribution in [1.82, 2.24) is 20.0 Å². The summed E-state index contributed by atoms with van der Waals surface area (Å²) in [6, 6.07) is 0.177. The number of aromatic nitrogens is 2. The summed E-state index contributed by atoms with van der Waals surface area (Å²) < 4.78 is 13.7. The van der Waals surface area contributed by atoms with Crippen LogP contribution in [0.1, 0.15) is 45.2 Å². The quantitative estimate of drug-likeness (QED) is 0.912. The van der Waals surface area contributed by atoms with Gasteiger partial charge in [-0.05, 0) is 46.1 Å². The Labute approximate surface area is 141 Å². The van der Waals surface area contributed by atoms with Gasteiger partial charge >= 0.3 is 6.03 Å². The highest BCUT2D eigenvalue weighted by atomic mass is 32.2. The molecule has 0 radical (unpaired) electrons. The van der Waals surface area contributed by atoms with Crippen LogP contribution in [0, 0.1) is 6.92 Å². The molecule has 2 heterocycles. The van der Waals surface area contributed by atoms with Crippen LogP contribution >= 0.6 is 0 Å². The molecule has 23 heavy (non-hydrogen) atoms. The SMILES string of the molecule is Cc1cnn(C2CCCN(C(=O)NCCS(=O)C(C)(C)C)C2)c1. The zero-order chi connectivity index (χ0) is 17.0. The fourth-order valence-electron chi connectivity index (χ4n) is 2.66. The second-order valence-electron chi connectivity index (χ2n) is 7.13. The molecular formula is C16H28N4O2S. The van der Waals surface area contributed by atoms with Crippen LogP contribution in [-0.4, -0.2) is 55.1 Å². The standard InChI is InChI=1S/C16H28N4O2S/c1-13-10-18-20(11-13)14-6-5-8-19(12-14)15(21)17-7-9-23(22)16(2,3)4/h10-11,14H,5-9,12H2,1-4H3,(H,17,21). The van der Waals surface area contributed by atoms with E-state index in [2.05, 4.69) is 10.4 Å². The Hall–Kier alpha value is -1.37. The number of carbonyl (C=O) groups excluding carboxylic acids is 1. The number of hydrogen-bond donors (Lipinski definition) is 1. The summed E-state index contributed by atoms with van der Waals surface area (Å²) >= 11 is 0. The highest BCUT2D eigenvalue weighted by Crippen LogP contribution is 2.21. The van der Waals surface area contributed by atoms with Crippen LogP contribution in [0.5, 0.6) is 0 Å². The average Bonchev–Trinajstić information content (AvgIpc) is 2.93. The van der Waals surface area contributed by atoms with Crippen molar-refractivity contribution in [3.8, 4) is 0 Å². The lowest BCUT2D eigenvalue weighted by atomic mass is 10.1. The normalized spacial score (nSPS) is 20.3. The van der Waals surface area contributed by atoms with E-state index in [1.807, 2.05) is 49.7 Å². The van der Waals surface area contributed by atoms with E-state index in [9.17, 15) is 9.00 Å². The number of hydrogen-bond acceptors (Lipinski definition) is 3. The maximum absolute atomic E-state index is 12.3. The molecule has 1 aromatic rings. The first-order chi connectivity index (χ1) is 10.8. The Balaban J connectivity index is 1.81. The minimum atomic E-state index is -0.940. The van der Waals surface area contributed by atoms with Gasteiger partial charge in [-0.1, -0.05) is 0 Å². The molecule has 2 rings (SSSR count). The van der Waals surface area contributed by atoms with Gasteiger partial charge in [0, 0.05) is 47.1 Å². The molecule has 1 saturated heterocycles. The fourth-order valence-corrected chi connectivity index (χ4v) is 3.56. The molecule has 0 spiro atoms. The third-order valence-electron chi connectivity index (χ3n) is 4.04. The molecule has 1 aliphatic rings. The van der Waals surface area contributed by atoms with Crippen molar-refractivity contribution in [3.05, 3.63) is 18.0 Å². The molecule has 2 atom stereocenters. The monoisotopic (exact) mass is 340 g/mol. The second kappa shape index (κ2) is 7.47. The van der Waals surface area contributed by atoms with Gasteiger partial charge in [0.1, 0.15) is 0 Å². The largest absolute Gasteiger partial charge is 0.337 e. The predicted octanol–water partition coefficient (Wildman–Crippen LogP) is 2.09. The number of likely N-dealkylation sites (tertiary alicyclic amines) is 1. The van der Waals surface area contributed by atoms with E-state index in [1.54, 1.807) is 0 Å². The molecule has 1 aromatic heterocycles. The Kier molecular flexibility index (Phi) is 5.84. The van der Waals surface area contributed by atoms with Gasteiger partial charge < -0.3 is 10.2 Å². The number of rotatable bonds is 4. The molecule has 0 aromatic carbocycles. The minimum absolute atomic E-state index is 0.0653. The van der Waals surface area contributed by atoms with Crippen molar-refractivity contribution >= 4 is 16.8 Å². The van der Waals surface area contributed by atoms with Crippen molar-refractivity contribution in [3.63, 3.8) is 0 Å². The molecule has 1 aliphatic heterocycles. The van der Waals surface area contributed by atoms with Crippen LogP contribution in [-0.2, 0) is 10.8 Å². The molecule has 130 valence electrons. The molecular weight excluding hydrogens is 312 g/mol.